The van der Waals surface area contributed by atoms with Crippen LogP contribution in [-0.4, -0.2) is 111 Å². The largest absolute Gasteiger partial charge is 0.372 e. The fourth-order valence-corrected chi connectivity index (χ4v) is 9.30. The minimum atomic E-state index is -3.52. The third-order valence-corrected chi connectivity index (χ3v) is 12.6. The molecular weight excluding hydrogens is 618 g/mol. The predicted molar refractivity (Wildman–Crippen MR) is 178 cm³/mol. The Bertz CT molecular complexity index is 1630. The van der Waals surface area contributed by atoms with Crippen molar-refractivity contribution >= 4 is 39.1 Å². The van der Waals surface area contributed by atoms with Crippen molar-refractivity contribution in [3.05, 3.63) is 53.6 Å². The first-order chi connectivity index (χ1) is 22.7. The number of amides is 3. The Hall–Kier alpha value is -3.52. The van der Waals surface area contributed by atoms with E-state index in [0.29, 0.717) is 55.3 Å². The Morgan fingerprint density at radius 1 is 0.787 bits per heavy atom. The fourth-order valence-electron chi connectivity index (χ4n) is 7.79. The minimum Gasteiger partial charge on any atom is -0.372 e. The number of carbonyl (C=O) groups is 3. The number of fused-ring (bicyclic) bond motifs is 1. The highest BCUT2D eigenvalue weighted by Crippen LogP contribution is 2.33. The zero-order valence-corrected chi connectivity index (χ0v) is 27.7. The molecule has 1 unspecified atom stereocenters. The molecule has 7 rings (SSSR count). The van der Waals surface area contributed by atoms with Crippen LogP contribution in [0.25, 0.3) is 0 Å². The lowest BCUT2D eigenvalue weighted by atomic mass is 9.95. The summed E-state index contributed by atoms with van der Waals surface area (Å²) in [5.41, 5.74) is 9.65. The third kappa shape index (κ3) is 6.63. The lowest BCUT2D eigenvalue weighted by Crippen LogP contribution is -2.52. The van der Waals surface area contributed by atoms with Crippen molar-refractivity contribution < 1.29 is 22.8 Å². The highest BCUT2D eigenvalue weighted by Gasteiger charge is 2.39. The van der Waals surface area contributed by atoms with Gasteiger partial charge in [0.15, 0.2) is 0 Å². The summed E-state index contributed by atoms with van der Waals surface area (Å²) >= 11 is 0. The summed E-state index contributed by atoms with van der Waals surface area (Å²) in [5, 5.41) is 2.37. The Kier molecular flexibility index (Phi) is 8.98. The lowest BCUT2D eigenvalue weighted by Gasteiger charge is -2.40. The minimum absolute atomic E-state index is 0.0797. The molecule has 5 heterocycles. The summed E-state index contributed by atoms with van der Waals surface area (Å²) in [6.45, 7) is 7.95. The SMILES string of the molecule is NC1CCN(S(=O)(=O)c2cccc(N3CCN(CC4CCN(c5ccc6c(c5)CN(C5CCC(=O)NC5=O)C6=O)CC4)CC3)c2)CC1. The van der Waals surface area contributed by atoms with Crippen molar-refractivity contribution in [1.29, 1.82) is 0 Å². The van der Waals surface area contributed by atoms with Crippen LogP contribution in [-0.2, 0) is 26.2 Å². The first kappa shape index (κ1) is 32.0. The number of carbonyl (C=O) groups excluding carboxylic acids is 3. The molecule has 1 atom stereocenters. The number of sulfonamides is 1. The second-order valence-corrected chi connectivity index (χ2v) is 15.6. The summed E-state index contributed by atoms with van der Waals surface area (Å²) < 4.78 is 28.1. The van der Waals surface area contributed by atoms with E-state index in [1.54, 1.807) is 15.3 Å². The van der Waals surface area contributed by atoms with Crippen molar-refractivity contribution in [3.63, 3.8) is 0 Å². The standard InChI is InChI=1S/C34H45N7O5S/c35-26-10-14-40(15-11-26)47(45,46)29-3-1-2-27(21-29)39-18-16-37(17-19-39)22-24-8-12-38(13-9-24)28-4-5-30-25(20-28)23-41(34(30)44)31-6-7-32(42)36-33(31)43/h1-5,20-21,24,26,31H,6-19,22-23,35H2,(H,36,42,43). The van der Waals surface area contributed by atoms with E-state index < -0.39 is 16.1 Å². The van der Waals surface area contributed by atoms with E-state index in [2.05, 4.69) is 26.1 Å². The second kappa shape index (κ2) is 13.2. The van der Waals surface area contributed by atoms with Gasteiger partial charge >= 0.3 is 0 Å². The molecule has 4 saturated heterocycles. The van der Waals surface area contributed by atoms with Gasteiger partial charge in [0.1, 0.15) is 6.04 Å². The quantitative estimate of drug-likeness (QED) is 0.423. The van der Waals surface area contributed by atoms with Crippen LogP contribution in [0.5, 0.6) is 0 Å². The van der Waals surface area contributed by atoms with Crippen LogP contribution in [0.1, 0.15) is 54.4 Å². The third-order valence-electron chi connectivity index (χ3n) is 10.7. The summed E-state index contributed by atoms with van der Waals surface area (Å²) in [6.07, 6.45) is 4.21. The molecule has 12 nitrogen and oxygen atoms in total. The topological polar surface area (TPSA) is 140 Å². The molecule has 0 radical (unpaired) electrons. The fraction of sp³-hybridized carbons (Fsp3) is 0.559. The average molecular weight is 664 g/mol. The number of nitrogens with zero attached hydrogens (tertiary/aromatic N) is 5. The Balaban J connectivity index is 0.889. The van der Waals surface area contributed by atoms with Gasteiger partial charge in [0.2, 0.25) is 21.8 Å². The van der Waals surface area contributed by atoms with E-state index in [1.807, 2.05) is 30.3 Å². The summed E-state index contributed by atoms with van der Waals surface area (Å²) in [5.74, 6) is -0.187. The van der Waals surface area contributed by atoms with Gasteiger partial charge in [-0.05, 0) is 80.0 Å². The Morgan fingerprint density at radius 2 is 1.49 bits per heavy atom. The van der Waals surface area contributed by atoms with Crippen LogP contribution in [0, 0.1) is 5.92 Å². The number of benzene rings is 2. The number of anilines is 2. The van der Waals surface area contributed by atoms with Gasteiger partial charge in [0, 0.05) is 94.8 Å². The molecule has 3 N–H and O–H groups in total. The number of nitrogens with two attached hydrogens (primary N) is 1. The maximum absolute atomic E-state index is 13.3. The molecular formula is C34H45N7O5S. The first-order valence-electron chi connectivity index (χ1n) is 17.0. The van der Waals surface area contributed by atoms with Crippen molar-refractivity contribution in [2.45, 2.75) is 62.0 Å². The van der Waals surface area contributed by atoms with Gasteiger partial charge in [0.05, 0.1) is 4.90 Å². The molecule has 252 valence electrons. The van der Waals surface area contributed by atoms with E-state index in [-0.39, 0.29) is 30.2 Å². The van der Waals surface area contributed by atoms with Crippen LogP contribution >= 0.6 is 0 Å². The Morgan fingerprint density at radius 3 is 2.21 bits per heavy atom. The van der Waals surface area contributed by atoms with Gasteiger partial charge < -0.3 is 20.4 Å². The van der Waals surface area contributed by atoms with E-state index in [1.165, 1.54) is 0 Å². The molecule has 5 aliphatic heterocycles. The van der Waals surface area contributed by atoms with Crippen molar-refractivity contribution in [3.8, 4) is 0 Å². The maximum Gasteiger partial charge on any atom is 0.255 e. The van der Waals surface area contributed by atoms with Gasteiger partial charge in [-0.1, -0.05) is 6.07 Å². The van der Waals surface area contributed by atoms with Crippen molar-refractivity contribution in [2.24, 2.45) is 11.7 Å². The monoisotopic (exact) mass is 663 g/mol. The van der Waals surface area contributed by atoms with Crippen LogP contribution in [0.3, 0.4) is 0 Å². The van der Waals surface area contributed by atoms with Gasteiger partial charge in [0.25, 0.3) is 5.91 Å². The Labute approximate surface area is 276 Å². The number of imide groups is 1. The molecule has 47 heavy (non-hydrogen) atoms. The smallest absolute Gasteiger partial charge is 0.255 e. The van der Waals surface area contributed by atoms with E-state index in [4.69, 9.17) is 5.73 Å². The molecule has 13 heteroatoms. The predicted octanol–water partition coefficient (Wildman–Crippen LogP) is 1.60. The molecule has 2 aromatic carbocycles. The van der Waals surface area contributed by atoms with E-state index >= 15 is 0 Å². The molecule has 3 amide bonds. The molecule has 0 saturated carbocycles. The molecule has 2 aromatic rings. The zero-order chi connectivity index (χ0) is 32.7. The average Bonchev–Trinajstić information content (AvgIpc) is 3.40. The number of hydrogen-bond acceptors (Lipinski definition) is 9. The van der Waals surface area contributed by atoms with Crippen LogP contribution < -0.4 is 20.9 Å². The summed E-state index contributed by atoms with van der Waals surface area (Å²) in [6, 6.07) is 12.9. The number of rotatable bonds is 7. The molecule has 0 spiro atoms. The van der Waals surface area contributed by atoms with Crippen LogP contribution in [0.15, 0.2) is 47.4 Å². The highest BCUT2D eigenvalue weighted by atomic mass is 32.2. The summed E-state index contributed by atoms with van der Waals surface area (Å²) in [4.78, 5) is 46.2. The zero-order valence-electron chi connectivity index (χ0n) is 26.9. The number of nitrogens with one attached hydrogen (secondary N) is 1. The van der Waals surface area contributed by atoms with E-state index in [0.717, 1.165) is 75.6 Å². The number of piperidine rings is 3. The molecule has 4 fully saturated rings. The van der Waals surface area contributed by atoms with Crippen LogP contribution in [0.2, 0.25) is 0 Å². The maximum atomic E-state index is 13.3. The molecule has 0 aromatic heterocycles. The van der Waals surface area contributed by atoms with Crippen molar-refractivity contribution in [1.82, 2.24) is 19.4 Å². The summed E-state index contributed by atoms with van der Waals surface area (Å²) in [7, 11) is -3.52. The first-order valence-corrected chi connectivity index (χ1v) is 18.5. The van der Waals surface area contributed by atoms with Gasteiger partial charge in [-0.15, -0.1) is 0 Å². The lowest BCUT2D eigenvalue weighted by molar-refractivity contribution is -0.136. The number of hydrogen-bond donors (Lipinski definition) is 2. The van der Waals surface area contributed by atoms with Crippen molar-refractivity contribution in [2.75, 3.05) is 68.7 Å². The molecule has 0 bridgehead atoms. The van der Waals surface area contributed by atoms with Gasteiger partial charge in [-0.2, -0.15) is 4.31 Å². The van der Waals surface area contributed by atoms with Gasteiger partial charge in [-0.25, -0.2) is 8.42 Å². The second-order valence-electron chi connectivity index (χ2n) is 13.7. The highest BCUT2D eigenvalue weighted by molar-refractivity contribution is 7.89. The van der Waals surface area contributed by atoms with Crippen LogP contribution in [0.4, 0.5) is 11.4 Å². The number of piperazine rings is 1. The molecule has 5 aliphatic rings. The van der Waals surface area contributed by atoms with E-state index in [9.17, 15) is 22.8 Å². The molecule has 0 aliphatic carbocycles. The van der Waals surface area contributed by atoms with Gasteiger partial charge in [-0.3, -0.25) is 24.6 Å². The normalized spacial score (nSPS) is 24.1.